The van der Waals surface area contributed by atoms with E-state index in [1.807, 2.05) is 0 Å². The van der Waals surface area contributed by atoms with Gasteiger partial charge in [-0.15, -0.1) is 0 Å². The Morgan fingerprint density at radius 3 is 2.67 bits per heavy atom. The second kappa shape index (κ2) is 4.27. The Hall–Kier alpha value is -1.62. The van der Waals surface area contributed by atoms with Gasteiger partial charge in [0.05, 0.1) is 17.4 Å². The molecular formula is C10H13FN2O2. The fraction of sp³-hybridized carbons (Fsp3) is 0.300. The Labute approximate surface area is 86.9 Å². The van der Waals surface area contributed by atoms with Crippen LogP contribution in [0.2, 0.25) is 0 Å². The minimum absolute atomic E-state index is 0.0356. The van der Waals surface area contributed by atoms with E-state index in [-0.39, 0.29) is 16.8 Å². The van der Waals surface area contributed by atoms with E-state index in [2.05, 4.69) is 5.32 Å². The van der Waals surface area contributed by atoms with Gasteiger partial charge in [-0.25, -0.2) is 4.39 Å². The van der Waals surface area contributed by atoms with Gasteiger partial charge in [-0.3, -0.25) is 4.79 Å². The summed E-state index contributed by atoms with van der Waals surface area (Å²) in [7, 11) is 1.43. The molecule has 0 radical (unpaired) electrons. The summed E-state index contributed by atoms with van der Waals surface area (Å²) in [6, 6.07) is 2.16. The van der Waals surface area contributed by atoms with Crippen LogP contribution in [-0.2, 0) is 0 Å². The first kappa shape index (κ1) is 11.5. The largest absolute Gasteiger partial charge is 0.398 e. The highest BCUT2D eigenvalue weighted by Gasteiger charge is 2.16. The molecule has 82 valence electrons. The molecule has 1 rings (SSSR count). The zero-order valence-electron chi connectivity index (χ0n) is 8.54. The van der Waals surface area contributed by atoms with Crippen LogP contribution >= 0.6 is 0 Å². The van der Waals surface area contributed by atoms with Crippen LogP contribution in [0.1, 0.15) is 28.9 Å². The monoisotopic (exact) mass is 212 g/mol. The Kier molecular flexibility index (Phi) is 3.26. The summed E-state index contributed by atoms with van der Waals surface area (Å²) in [5.41, 5.74) is 6.00. The van der Waals surface area contributed by atoms with Gasteiger partial charge in [0.2, 0.25) is 0 Å². The third-order valence-corrected chi connectivity index (χ3v) is 2.10. The standard InChI is InChI=1S/C10H13FN2O2/c1-5(14)7-3-6(11)4-8(9(7)12)10(15)13-2/h3-5,14H,12H2,1-2H3,(H,13,15). The number of aliphatic hydroxyl groups excluding tert-OH is 1. The van der Waals surface area contributed by atoms with Crippen LogP contribution in [0.5, 0.6) is 0 Å². The van der Waals surface area contributed by atoms with E-state index in [1.54, 1.807) is 0 Å². The molecule has 5 heteroatoms. The molecule has 0 aromatic heterocycles. The number of benzene rings is 1. The van der Waals surface area contributed by atoms with Crippen molar-refractivity contribution in [2.45, 2.75) is 13.0 Å². The van der Waals surface area contributed by atoms with Gasteiger partial charge in [0.25, 0.3) is 5.91 Å². The number of hydrogen-bond acceptors (Lipinski definition) is 3. The molecule has 0 aliphatic heterocycles. The van der Waals surface area contributed by atoms with Crippen LogP contribution in [0, 0.1) is 5.82 Å². The van der Waals surface area contributed by atoms with Gasteiger partial charge >= 0.3 is 0 Å². The van der Waals surface area contributed by atoms with Crippen molar-refractivity contribution in [3.05, 3.63) is 29.1 Å². The second-order valence-electron chi connectivity index (χ2n) is 3.21. The highest BCUT2D eigenvalue weighted by atomic mass is 19.1. The van der Waals surface area contributed by atoms with Crippen molar-refractivity contribution in [1.29, 1.82) is 0 Å². The maximum absolute atomic E-state index is 13.1. The summed E-state index contributed by atoms with van der Waals surface area (Å²) in [4.78, 5) is 11.3. The predicted molar refractivity (Wildman–Crippen MR) is 54.8 cm³/mol. The molecule has 0 saturated carbocycles. The van der Waals surface area contributed by atoms with Gasteiger partial charge in [-0.05, 0) is 19.1 Å². The van der Waals surface area contributed by atoms with Crippen molar-refractivity contribution < 1.29 is 14.3 Å². The van der Waals surface area contributed by atoms with Crippen molar-refractivity contribution in [2.24, 2.45) is 0 Å². The zero-order valence-corrected chi connectivity index (χ0v) is 8.54. The van der Waals surface area contributed by atoms with Gasteiger partial charge < -0.3 is 16.2 Å². The number of rotatable bonds is 2. The molecule has 0 fully saturated rings. The Morgan fingerprint density at radius 1 is 1.60 bits per heavy atom. The number of aliphatic hydroxyl groups is 1. The molecule has 1 unspecified atom stereocenters. The number of carbonyl (C=O) groups excluding carboxylic acids is 1. The smallest absolute Gasteiger partial charge is 0.253 e. The van der Waals surface area contributed by atoms with Crippen LogP contribution in [-0.4, -0.2) is 18.1 Å². The molecule has 4 nitrogen and oxygen atoms in total. The number of carbonyl (C=O) groups is 1. The highest BCUT2D eigenvalue weighted by molar-refractivity contribution is 5.99. The number of nitrogens with two attached hydrogens (primary N) is 1. The fourth-order valence-electron chi connectivity index (χ4n) is 1.31. The fourth-order valence-corrected chi connectivity index (χ4v) is 1.31. The third kappa shape index (κ3) is 2.24. The van der Waals surface area contributed by atoms with Crippen LogP contribution in [0.4, 0.5) is 10.1 Å². The molecule has 0 aliphatic carbocycles. The van der Waals surface area contributed by atoms with E-state index in [1.165, 1.54) is 14.0 Å². The van der Waals surface area contributed by atoms with E-state index in [9.17, 15) is 14.3 Å². The lowest BCUT2D eigenvalue weighted by Crippen LogP contribution is -2.20. The first-order valence-electron chi connectivity index (χ1n) is 4.46. The van der Waals surface area contributed by atoms with Gasteiger partial charge in [-0.2, -0.15) is 0 Å². The quantitative estimate of drug-likeness (QED) is 0.635. The van der Waals surface area contributed by atoms with Crippen molar-refractivity contribution in [1.82, 2.24) is 5.32 Å². The SMILES string of the molecule is CNC(=O)c1cc(F)cc(C(C)O)c1N. The molecular weight excluding hydrogens is 199 g/mol. The van der Waals surface area contributed by atoms with E-state index >= 15 is 0 Å². The van der Waals surface area contributed by atoms with Gasteiger partial charge in [-0.1, -0.05) is 0 Å². The molecule has 0 saturated heterocycles. The second-order valence-corrected chi connectivity index (χ2v) is 3.21. The van der Waals surface area contributed by atoms with Crippen molar-refractivity contribution in [3.63, 3.8) is 0 Å². The first-order valence-corrected chi connectivity index (χ1v) is 4.46. The van der Waals surface area contributed by atoms with Crippen LogP contribution < -0.4 is 11.1 Å². The maximum Gasteiger partial charge on any atom is 0.253 e. The van der Waals surface area contributed by atoms with Crippen molar-refractivity contribution in [3.8, 4) is 0 Å². The zero-order chi connectivity index (χ0) is 11.6. The lowest BCUT2D eigenvalue weighted by atomic mass is 10.0. The number of amides is 1. The summed E-state index contributed by atoms with van der Waals surface area (Å²) < 4.78 is 13.1. The molecule has 1 amide bonds. The Morgan fingerprint density at radius 2 is 2.20 bits per heavy atom. The van der Waals surface area contributed by atoms with E-state index in [4.69, 9.17) is 5.73 Å². The van der Waals surface area contributed by atoms with Crippen molar-refractivity contribution >= 4 is 11.6 Å². The summed E-state index contributed by atoms with van der Waals surface area (Å²) in [5, 5.41) is 11.7. The number of anilines is 1. The van der Waals surface area contributed by atoms with Gasteiger partial charge in [0.15, 0.2) is 0 Å². The lowest BCUT2D eigenvalue weighted by molar-refractivity contribution is 0.0963. The normalized spacial score (nSPS) is 12.3. The molecule has 0 bridgehead atoms. The number of halogens is 1. The highest BCUT2D eigenvalue weighted by Crippen LogP contribution is 2.25. The van der Waals surface area contributed by atoms with Crippen molar-refractivity contribution in [2.75, 3.05) is 12.8 Å². The third-order valence-electron chi connectivity index (χ3n) is 2.10. The Balaban J connectivity index is 3.34. The van der Waals surface area contributed by atoms with E-state index in [0.29, 0.717) is 0 Å². The maximum atomic E-state index is 13.1. The topological polar surface area (TPSA) is 75.3 Å². The number of hydrogen-bond donors (Lipinski definition) is 3. The molecule has 1 aromatic rings. The minimum Gasteiger partial charge on any atom is -0.398 e. The Bertz CT molecular complexity index is 391. The molecule has 1 atom stereocenters. The molecule has 0 heterocycles. The van der Waals surface area contributed by atoms with Crippen LogP contribution in [0.3, 0.4) is 0 Å². The van der Waals surface area contributed by atoms with Crippen LogP contribution in [0.25, 0.3) is 0 Å². The van der Waals surface area contributed by atoms with E-state index < -0.39 is 17.8 Å². The summed E-state index contributed by atoms with van der Waals surface area (Å²) in [5.74, 6) is -1.08. The first-order chi connectivity index (χ1) is 6.97. The van der Waals surface area contributed by atoms with E-state index in [0.717, 1.165) is 12.1 Å². The van der Waals surface area contributed by atoms with Gasteiger partial charge in [0, 0.05) is 12.6 Å². The lowest BCUT2D eigenvalue weighted by Gasteiger charge is -2.12. The average molecular weight is 212 g/mol. The number of nitrogen functional groups attached to an aromatic ring is 1. The molecule has 0 spiro atoms. The average Bonchev–Trinajstić information content (AvgIpc) is 2.19. The van der Waals surface area contributed by atoms with Gasteiger partial charge in [0.1, 0.15) is 5.82 Å². The molecule has 4 N–H and O–H groups in total. The van der Waals surface area contributed by atoms with Crippen LogP contribution in [0.15, 0.2) is 12.1 Å². The summed E-state index contributed by atoms with van der Waals surface area (Å²) in [6.07, 6.45) is -0.913. The predicted octanol–water partition coefficient (Wildman–Crippen LogP) is 0.821. The minimum atomic E-state index is -0.913. The number of nitrogens with one attached hydrogen (secondary N) is 1. The summed E-state index contributed by atoms with van der Waals surface area (Å²) in [6.45, 7) is 1.46. The molecule has 1 aromatic carbocycles. The molecule has 15 heavy (non-hydrogen) atoms. The summed E-state index contributed by atoms with van der Waals surface area (Å²) >= 11 is 0. The molecule has 0 aliphatic rings.